The van der Waals surface area contributed by atoms with Crippen molar-refractivity contribution in [3.8, 4) is 0 Å². The highest BCUT2D eigenvalue weighted by molar-refractivity contribution is 7.94. The number of sulfone groups is 1. The molecule has 4 heteroatoms. The van der Waals surface area contributed by atoms with Crippen molar-refractivity contribution in [2.45, 2.75) is 25.3 Å². The lowest BCUT2D eigenvalue weighted by Crippen LogP contribution is -2.30. The van der Waals surface area contributed by atoms with E-state index in [0.717, 1.165) is 25.3 Å². The first-order valence-corrected chi connectivity index (χ1v) is 5.99. The summed E-state index contributed by atoms with van der Waals surface area (Å²) >= 11 is 0. The molecule has 2 aliphatic rings. The van der Waals surface area contributed by atoms with E-state index < -0.39 is 9.84 Å². The topological polar surface area (TPSA) is 46.2 Å². The van der Waals surface area contributed by atoms with Crippen LogP contribution in [0.5, 0.6) is 0 Å². The van der Waals surface area contributed by atoms with Gasteiger partial charge in [-0.3, -0.25) is 0 Å². The Balaban J connectivity index is 2.33. The number of hydrogen-bond acceptors (Lipinski definition) is 3. The van der Waals surface area contributed by atoms with Crippen LogP contribution >= 0.6 is 0 Å². The number of nitrogens with one attached hydrogen (secondary N) is 1. The number of rotatable bonds is 1. The van der Waals surface area contributed by atoms with Crippen molar-refractivity contribution in [1.29, 1.82) is 0 Å². The van der Waals surface area contributed by atoms with Crippen molar-refractivity contribution in [3.05, 3.63) is 17.0 Å². The Kier molecular flexibility index (Phi) is 1.77. The Morgan fingerprint density at radius 3 is 3.00 bits per heavy atom. The van der Waals surface area contributed by atoms with Crippen LogP contribution in [0.4, 0.5) is 0 Å². The lowest BCUT2D eigenvalue weighted by molar-refractivity contribution is 0.587. The maximum Gasteiger partial charge on any atom is 0.173 e. The number of hydrogen-bond donors (Lipinski definition) is 1. The van der Waals surface area contributed by atoms with E-state index in [-0.39, 0.29) is 0 Å². The van der Waals surface area contributed by atoms with Gasteiger partial charge in [-0.2, -0.15) is 0 Å². The lowest BCUT2D eigenvalue weighted by Gasteiger charge is -2.19. The van der Waals surface area contributed by atoms with Crippen LogP contribution in [-0.4, -0.2) is 20.7 Å². The molecule has 1 radical (unpaired) electrons. The molecule has 0 amide bonds. The van der Waals surface area contributed by atoms with Gasteiger partial charge in [0.15, 0.2) is 9.84 Å². The molecule has 1 unspecified atom stereocenters. The fraction of sp³-hybridized carbons (Fsp3) is 0.625. The van der Waals surface area contributed by atoms with Gasteiger partial charge in [0.05, 0.1) is 10.9 Å². The third kappa shape index (κ3) is 1.29. The van der Waals surface area contributed by atoms with E-state index in [4.69, 9.17) is 0 Å². The molecule has 67 valence electrons. The summed E-state index contributed by atoms with van der Waals surface area (Å²) in [6.07, 6.45) is 5.94. The van der Waals surface area contributed by atoms with Crippen molar-refractivity contribution in [2.75, 3.05) is 6.26 Å². The summed E-state index contributed by atoms with van der Waals surface area (Å²) in [5.74, 6) is 0. The van der Waals surface area contributed by atoms with Crippen LogP contribution in [0, 0.1) is 6.04 Å². The van der Waals surface area contributed by atoms with E-state index in [2.05, 4.69) is 5.32 Å². The predicted molar refractivity (Wildman–Crippen MR) is 46.9 cm³/mol. The summed E-state index contributed by atoms with van der Waals surface area (Å²) in [5.41, 5.74) is 0. The van der Waals surface area contributed by atoms with E-state index in [1.54, 1.807) is 0 Å². The molecule has 0 spiro atoms. The highest BCUT2D eigenvalue weighted by atomic mass is 32.2. The zero-order valence-electron chi connectivity index (χ0n) is 7.00. The molecule has 2 rings (SSSR count). The van der Waals surface area contributed by atoms with Crippen molar-refractivity contribution < 1.29 is 8.42 Å². The summed E-state index contributed by atoms with van der Waals surface area (Å²) in [6.45, 7) is 0. The largest absolute Gasteiger partial charge is 0.302 e. The third-order valence-corrected chi connectivity index (χ3v) is 3.62. The van der Waals surface area contributed by atoms with E-state index in [1.807, 2.05) is 6.08 Å². The van der Waals surface area contributed by atoms with Gasteiger partial charge in [0, 0.05) is 12.3 Å². The average Bonchev–Trinajstić information content (AvgIpc) is 2.30. The highest BCUT2D eigenvalue weighted by Gasteiger charge is 2.34. The molecular weight excluding hydrogens is 174 g/mol. The number of fused-ring (bicyclic) bond motifs is 2. The zero-order chi connectivity index (χ0) is 8.77. The van der Waals surface area contributed by atoms with Crippen LogP contribution in [0.3, 0.4) is 0 Å². The monoisotopic (exact) mass is 186 g/mol. The van der Waals surface area contributed by atoms with Crippen LogP contribution in [0.1, 0.15) is 19.3 Å². The van der Waals surface area contributed by atoms with Crippen LogP contribution in [-0.2, 0) is 9.84 Å². The smallest absolute Gasteiger partial charge is 0.173 e. The molecular formula is C8H12NO2S. The van der Waals surface area contributed by atoms with Crippen molar-refractivity contribution in [3.63, 3.8) is 0 Å². The summed E-state index contributed by atoms with van der Waals surface area (Å²) in [4.78, 5) is 0.524. The Morgan fingerprint density at radius 1 is 1.58 bits per heavy atom. The van der Waals surface area contributed by atoms with Crippen LogP contribution in [0.2, 0.25) is 0 Å². The molecule has 0 saturated carbocycles. The Morgan fingerprint density at radius 2 is 2.33 bits per heavy atom. The molecule has 2 heterocycles. The van der Waals surface area contributed by atoms with E-state index in [0.29, 0.717) is 10.9 Å². The van der Waals surface area contributed by atoms with E-state index in [9.17, 15) is 8.42 Å². The molecule has 1 N–H and O–H groups in total. The molecule has 1 atom stereocenters. The van der Waals surface area contributed by atoms with Gasteiger partial charge in [0.25, 0.3) is 0 Å². The molecule has 2 aliphatic heterocycles. The minimum absolute atomic E-state index is 0.491. The maximum absolute atomic E-state index is 11.2. The quantitative estimate of drug-likeness (QED) is 0.652. The molecule has 0 aromatic rings. The zero-order valence-corrected chi connectivity index (χ0v) is 7.82. The SMILES string of the molecule is CS(=O)(=O)C1=CCC2CC[C]1N2. The highest BCUT2D eigenvalue weighted by Crippen LogP contribution is 2.34. The summed E-state index contributed by atoms with van der Waals surface area (Å²) in [7, 11) is -3.00. The van der Waals surface area contributed by atoms with Gasteiger partial charge >= 0.3 is 0 Å². The third-order valence-electron chi connectivity index (χ3n) is 2.41. The van der Waals surface area contributed by atoms with Gasteiger partial charge in [-0.05, 0) is 19.3 Å². The Hall–Kier alpha value is -0.350. The van der Waals surface area contributed by atoms with Crippen LogP contribution < -0.4 is 5.32 Å². The first-order chi connectivity index (χ1) is 5.57. The lowest BCUT2D eigenvalue weighted by atomic mass is 10.2. The second-order valence-corrected chi connectivity index (χ2v) is 5.42. The minimum Gasteiger partial charge on any atom is -0.302 e. The summed E-state index contributed by atoms with van der Waals surface area (Å²) < 4.78 is 22.5. The van der Waals surface area contributed by atoms with Crippen LogP contribution in [0.15, 0.2) is 11.0 Å². The van der Waals surface area contributed by atoms with Crippen LogP contribution in [0.25, 0.3) is 0 Å². The van der Waals surface area contributed by atoms with Gasteiger partial charge in [-0.1, -0.05) is 6.08 Å². The molecule has 3 nitrogen and oxygen atoms in total. The van der Waals surface area contributed by atoms with E-state index in [1.165, 1.54) is 6.26 Å². The fourth-order valence-electron chi connectivity index (χ4n) is 1.83. The van der Waals surface area contributed by atoms with Gasteiger partial charge in [-0.25, -0.2) is 8.42 Å². The van der Waals surface area contributed by atoms with Crippen molar-refractivity contribution >= 4 is 9.84 Å². The molecule has 0 aromatic carbocycles. The Labute approximate surface area is 72.8 Å². The van der Waals surface area contributed by atoms with Gasteiger partial charge < -0.3 is 5.32 Å². The Bertz CT molecular complexity index is 318. The normalized spacial score (nSPS) is 30.4. The molecule has 0 aliphatic carbocycles. The minimum atomic E-state index is -3.00. The second kappa shape index (κ2) is 2.57. The standard InChI is InChI=1S/C8H12NO2S/c1-12(10,11)8-5-3-6-2-4-7(8)9-6/h5-6,9H,2-4H2,1H3. The van der Waals surface area contributed by atoms with Crippen molar-refractivity contribution in [2.24, 2.45) is 0 Å². The molecule has 1 saturated heterocycles. The first kappa shape index (κ1) is 8.26. The van der Waals surface area contributed by atoms with Gasteiger partial charge in [0.1, 0.15) is 0 Å². The first-order valence-electron chi connectivity index (χ1n) is 4.10. The molecule has 2 bridgehead atoms. The van der Waals surface area contributed by atoms with Gasteiger partial charge in [0.2, 0.25) is 0 Å². The molecule has 12 heavy (non-hydrogen) atoms. The second-order valence-electron chi connectivity index (χ2n) is 3.43. The van der Waals surface area contributed by atoms with E-state index >= 15 is 0 Å². The summed E-state index contributed by atoms with van der Waals surface area (Å²) in [6, 6.07) is 1.42. The predicted octanol–water partition coefficient (Wildman–Crippen LogP) is 0.603. The molecule has 1 fully saturated rings. The average molecular weight is 186 g/mol. The van der Waals surface area contributed by atoms with Crippen molar-refractivity contribution in [1.82, 2.24) is 5.32 Å². The summed E-state index contributed by atoms with van der Waals surface area (Å²) in [5, 5.41) is 3.22. The van der Waals surface area contributed by atoms with Gasteiger partial charge in [-0.15, -0.1) is 0 Å². The maximum atomic E-state index is 11.2. The fourth-order valence-corrected chi connectivity index (χ4v) is 2.84. The molecule has 0 aromatic heterocycles.